The van der Waals surface area contributed by atoms with E-state index in [1.807, 2.05) is 42.6 Å². The van der Waals surface area contributed by atoms with Crippen molar-refractivity contribution in [1.29, 1.82) is 0 Å². The molecule has 0 unspecified atom stereocenters. The third-order valence-electron chi connectivity index (χ3n) is 3.33. The van der Waals surface area contributed by atoms with E-state index in [9.17, 15) is 4.79 Å². The minimum atomic E-state index is -0.0105. The molecule has 0 spiro atoms. The number of nitrogens with zero attached hydrogens (tertiary/aromatic N) is 2. The number of thiophene rings is 1. The lowest BCUT2D eigenvalue weighted by Gasteiger charge is -2.19. The molecule has 0 bridgehead atoms. The van der Waals surface area contributed by atoms with Crippen molar-refractivity contribution >= 4 is 43.9 Å². The zero-order chi connectivity index (χ0) is 15.5. The van der Waals surface area contributed by atoms with E-state index in [1.54, 1.807) is 12.0 Å². The van der Waals surface area contributed by atoms with Gasteiger partial charge in [0.05, 0.1) is 28.2 Å². The van der Waals surface area contributed by atoms with Crippen LogP contribution in [0.15, 0.2) is 35.7 Å². The molecule has 114 valence electrons. The summed E-state index contributed by atoms with van der Waals surface area (Å²) < 4.78 is 6.23. The molecular weight excluding hydrogens is 316 g/mol. The Morgan fingerprint density at radius 3 is 2.82 bits per heavy atom. The number of rotatable bonds is 5. The van der Waals surface area contributed by atoms with Gasteiger partial charge in [-0.1, -0.05) is 23.5 Å². The van der Waals surface area contributed by atoms with Crippen LogP contribution < -0.4 is 4.90 Å². The number of anilines is 1. The predicted molar refractivity (Wildman–Crippen MR) is 92.2 cm³/mol. The number of benzene rings is 1. The first-order valence-electron chi connectivity index (χ1n) is 6.91. The van der Waals surface area contributed by atoms with Gasteiger partial charge in [0.15, 0.2) is 5.13 Å². The van der Waals surface area contributed by atoms with E-state index in [0.717, 1.165) is 25.8 Å². The van der Waals surface area contributed by atoms with Crippen LogP contribution in [0.25, 0.3) is 10.2 Å². The van der Waals surface area contributed by atoms with Crippen LogP contribution >= 0.6 is 22.7 Å². The van der Waals surface area contributed by atoms with Crippen LogP contribution in [-0.2, 0) is 4.74 Å². The van der Waals surface area contributed by atoms with E-state index in [2.05, 4.69) is 4.98 Å². The van der Waals surface area contributed by atoms with E-state index in [4.69, 9.17) is 4.74 Å². The number of carbonyl (C=O) groups is 1. The molecule has 2 aromatic heterocycles. The summed E-state index contributed by atoms with van der Waals surface area (Å²) in [7, 11) is 1.64. The number of aryl methyl sites for hydroxylation is 1. The molecule has 1 amide bonds. The van der Waals surface area contributed by atoms with E-state index in [0.29, 0.717) is 13.2 Å². The Bertz CT molecular complexity index is 761. The Morgan fingerprint density at radius 1 is 1.32 bits per heavy atom. The Kier molecular flexibility index (Phi) is 4.52. The summed E-state index contributed by atoms with van der Waals surface area (Å²) in [6, 6.07) is 9.88. The lowest BCUT2D eigenvalue weighted by molar-refractivity contribution is 0.0979. The average molecular weight is 332 g/mol. The monoisotopic (exact) mass is 332 g/mol. The molecule has 0 atom stereocenters. The third-order valence-corrected chi connectivity index (χ3v) is 5.40. The highest BCUT2D eigenvalue weighted by atomic mass is 32.1. The minimum Gasteiger partial charge on any atom is -0.383 e. The van der Waals surface area contributed by atoms with Gasteiger partial charge >= 0.3 is 0 Å². The Morgan fingerprint density at radius 2 is 2.14 bits per heavy atom. The van der Waals surface area contributed by atoms with Crippen molar-refractivity contribution in [3.05, 3.63) is 46.2 Å². The highest BCUT2D eigenvalue weighted by Gasteiger charge is 2.23. The second-order valence-corrected chi connectivity index (χ2v) is 6.77. The van der Waals surface area contributed by atoms with Gasteiger partial charge in [-0.3, -0.25) is 9.69 Å². The lowest BCUT2D eigenvalue weighted by Crippen LogP contribution is -2.33. The zero-order valence-corrected chi connectivity index (χ0v) is 14.0. The molecule has 3 rings (SSSR count). The molecule has 0 aliphatic carbocycles. The van der Waals surface area contributed by atoms with Crippen molar-refractivity contribution in [2.45, 2.75) is 6.92 Å². The largest absolute Gasteiger partial charge is 0.383 e. The van der Waals surface area contributed by atoms with Crippen molar-refractivity contribution in [3.63, 3.8) is 0 Å². The number of aromatic nitrogens is 1. The fourth-order valence-corrected chi connectivity index (χ4v) is 4.02. The molecule has 4 nitrogen and oxygen atoms in total. The van der Waals surface area contributed by atoms with Gasteiger partial charge in [-0.15, -0.1) is 11.3 Å². The topological polar surface area (TPSA) is 42.4 Å². The summed E-state index contributed by atoms with van der Waals surface area (Å²) in [6.07, 6.45) is 0. The Hall–Kier alpha value is -1.76. The average Bonchev–Trinajstić information content (AvgIpc) is 3.13. The van der Waals surface area contributed by atoms with Crippen molar-refractivity contribution < 1.29 is 9.53 Å². The molecule has 0 aliphatic heterocycles. The summed E-state index contributed by atoms with van der Waals surface area (Å²) in [6.45, 7) is 2.93. The van der Waals surface area contributed by atoms with E-state index in [1.165, 1.54) is 22.7 Å². The predicted octanol–water partition coefficient (Wildman–Crippen LogP) is 3.96. The number of carbonyl (C=O) groups excluding carboxylic acids is 1. The summed E-state index contributed by atoms with van der Waals surface area (Å²) in [5.74, 6) is -0.0105. The summed E-state index contributed by atoms with van der Waals surface area (Å²) in [4.78, 5) is 19.9. The first-order valence-corrected chi connectivity index (χ1v) is 8.61. The van der Waals surface area contributed by atoms with Crippen molar-refractivity contribution in [3.8, 4) is 0 Å². The first kappa shape index (κ1) is 15.1. The highest BCUT2D eigenvalue weighted by molar-refractivity contribution is 7.22. The number of ether oxygens (including phenoxy) is 1. The molecule has 0 N–H and O–H groups in total. The second-order valence-electron chi connectivity index (χ2n) is 4.85. The number of thiazole rings is 1. The molecule has 2 heterocycles. The number of methoxy groups -OCH3 is 1. The van der Waals surface area contributed by atoms with Gasteiger partial charge in [0.1, 0.15) is 0 Å². The SMILES string of the molecule is COCCN(C(=O)c1sccc1C)c1nc2ccccc2s1. The van der Waals surface area contributed by atoms with Crippen LogP contribution in [0.2, 0.25) is 0 Å². The fraction of sp³-hybridized carbons (Fsp3) is 0.250. The van der Waals surface area contributed by atoms with Crippen LogP contribution in [0.5, 0.6) is 0 Å². The van der Waals surface area contributed by atoms with E-state index >= 15 is 0 Å². The molecule has 22 heavy (non-hydrogen) atoms. The molecule has 0 aliphatic rings. The summed E-state index contributed by atoms with van der Waals surface area (Å²) >= 11 is 3.00. The standard InChI is InChI=1S/C16H16N2O2S2/c1-11-7-10-21-14(11)15(19)18(8-9-20-2)16-17-12-5-3-4-6-13(12)22-16/h3-7,10H,8-9H2,1-2H3. The van der Waals surface area contributed by atoms with E-state index < -0.39 is 0 Å². The van der Waals surface area contributed by atoms with Crippen LogP contribution in [0, 0.1) is 6.92 Å². The van der Waals surface area contributed by atoms with Crippen LogP contribution in [0.4, 0.5) is 5.13 Å². The maximum absolute atomic E-state index is 12.9. The second kappa shape index (κ2) is 6.56. The quantitative estimate of drug-likeness (QED) is 0.710. The van der Waals surface area contributed by atoms with Gasteiger partial charge in [0, 0.05) is 7.11 Å². The van der Waals surface area contributed by atoms with Gasteiger partial charge in [-0.25, -0.2) is 4.98 Å². The maximum atomic E-state index is 12.9. The Balaban J connectivity index is 1.98. The maximum Gasteiger partial charge on any atom is 0.270 e. The lowest BCUT2D eigenvalue weighted by atomic mass is 10.2. The zero-order valence-electron chi connectivity index (χ0n) is 12.4. The molecule has 0 saturated heterocycles. The number of fused-ring (bicyclic) bond motifs is 1. The highest BCUT2D eigenvalue weighted by Crippen LogP contribution is 2.30. The normalized spacial score (nSPS) is 11.0. The van der Waals surface area contributed by atoms with Crippen LogP contribution in [0.3, 0.4) is 0 Å². The fourth-order valence-electron chi connectivity index (χ4n) is 2.16. The molecule has 3 aromatic rings. The van der Waals surface area contributed by atoms with Crippen LogP contribution in [0.1, 0.15) is 15.2 Å². The van der Waals surface area contributed by atoms with Gasteiger partial charge < -0.3 is 4.74 Å². The smallest absolute Gasteiger partial charge is 0.270 e. The van der Waals surface area contributed by atoms with Gasteiger partial charge in [0.2, 0.25) is 0 Å². The number of amides is 1. The minimum absolute atomic E-state index is 0.0105. The summed E-state index contributed by atoms with van der Waals surface area (Å²) in [5, 5.41) is 2.66. The van der Waals surface area contributed by atoms with Gasteiger partial charge in [-0.05, 0) is 36.1 Å². The van der Waals surface area contributed by atoms with Gasteiger partial charge in [0.25, 0.3) is 5.91 Å². The van der Waals surface area contributed by atoms with Crippen molar-refractivity contribution in [2.75, 3.05) is 25.2 Å². The van der Waals surface area contributed by atoms with Gasteiger partial charge in [-0.2, -0.15) is 0 Å². The molecular formula is C16H16N2O2S2. The third kappa shape index (κ3) is 2.90. The number of para-hydroxylation sites is 1. The van der Waals surface area contributed by atoms with Crippen molar-refractivity contribution in [2.24, 2.45) is 0 Å². The van der Waals surface area contributed by atoms with Crippen molar-refractivity contribution in [1.82, 2.24) is 4.98 Å². The van der Waals surface area contributed by atoms with Crippen LogP contribution in [-0.4, -0.2) is 31.2 Å². The molecule has 0 saturated carbocycles. The number of hydrogen-bond donors (Lipinski definition) is 0. The summed E-state index contributed by atoms with van der Waals surface area (Å²) in [5.41, 5.74) is 1.92. The molecule has 0 radical (unpaired) electrons. The van der Waals surface area contributed by atoms with E-state index in [-0.39, 0.29) is 5.91 Å². The first-order chi connectivity index (χ1) is 10.7. The molecule has 0 fully saturated rings. The number of hydrogen-bond acceptors (Lipinski definition) is 5. The molecule has 1 aromatic carbocycles. The Labute approximate surface area is 137 Å². The molecule has 6 heteroatoms.